The molecular formula is C14H22N2O8S2. The number of esters is 2. The second kappa shape index (κ2) is 18.8. The molecule has 0 aliphatic rings. The SMILES string of the molecule is C=CC(=O)OC(=S)CCC(=O)[O-].C=CC(=O)OC(=S)CCC(=O)[O-].[NH4+].[NH4+]. The minimum atomic E-state index is -1.23. The Hall–Kier alpha value is -2.54. The minimum absolute atomic E-state index is 0. The van der Waals surface area contributed by atoms with Crippen LogP contribution in [0.2, 0.25) is 0 Å². The van der Waals surface area contributed by atoms with E-state index in [-0.39, 0.29) is 48.1 Å². The Labute approximate surface area is 161 Å². The average molecular weight is 410 g/mol. The van der Waals surface area contributed by atoms with E-state index in [4.69, 9.17) is 0 Å². The fourth-order valence-electron chi connectivity index (χ4n) is 0.818. The Kier molecular flexibility index (Phi) is 22.6. The van der Waals surface area contributed by atoms with Crippen molar-refractivity contribution >= 4 is 58.4 Å². The minimum Gasteiger partial charge on any atom is -0.550 e. The molecular weight excluding hydrogens is 388 g/mol. The van der Waals surface area contributed by atoms with Crippen molar-refractivity contribution < 1.29 is 38.9 Å². The van der Waals surface area contributed by atoms with Crippen LogP contribution in [0.25, 0.3) is 0 Å². The van der Waals surface area contributed by atoms with Gasteiger partial charge in [0.2, 0.25) is 0 Å². The van der Waals surface area contributed by atoms with Crippen LogP contribution in [-0.2, 0) is 28.7 Å². The molecule has 0 unspecified atom stereocenters. The molecule has 0 fully saturated rings. The highest BCUT2D eigenvalue weighted by Gasteiger charge is 2.03. The van der Waals surface area contributed by atoms with E-state index in [1.807, 2.05) is 0 Å². The standard InChI is InChI=1S/2C7H8O4S.2H3N/c2*1-2-6(10)11-7(12)4-3-5(8)9;;/h2*2H,1,3-4H2,(H,8,9);2*1H3. The van der Waals surface area contributed by atoms with Gasteiger partial charge in [-0.1, -0.05) is 13.2 Å². The van der Waals surface area contributed by atoms with Crippen LogP contribution in [0, 0.1) is 0 Å². The molecule has 0 aromatic carbocycles. The second-order valence-corrected chi connectivity index (χ2v) is 4.65. The Balaban J connectivity index is -0.000000173. The highest BCUT2D eigenvalue weighted by Crippen LogP contribution is 1.96. The van der Waals surface area contributed by atoms with Gasteiger partial charge in [0.25, 0.3) is 0 Å². The summed E-state index contributed by atoms with van der Waals surface area (Å²) in [6.07, 6.45) is 1.40. The van der Waals surface area contributed by atoms with Gasteiger partial charge >= 0.3 is 11.9 Å². The van der Waals surface area contributed by atoms with Gasteiger partial charge in [0.1, 0.15) is 0 Å². The zero-order chi connectivity index (χ0) is 19.1. The Morgan fingerprint density at radius 1 is 0.731 bits per heavy atom. The molecule has 0 aromatic heterocycles. The summed E-state index contributed by atoms with van der Waals surface area (Å²) in [5.41, 5.74) is 0. The Morgan fingerprint density at radius 3 is 1.19 bits per heavy atom. The molecule has 26 heavy (non-hydrogen) atoms. The third-order valence-corrected chi connectivity index (χ3v) is 2.40. The van der Waals surface area contributed by atoms with E-state index < -0.39 is 23.9 Å². The van der Waals surface area contributed by atoms with Crippen molar-refractivity contribution in [3.05, 3.63) is 25.3 Å². The fraction of sp³-hybridized carbons (Fsp3) is 0.286. The molecule has 0 saturated heterocycles. The molecule has 0 atom stereocenters. The first-order valence-corrected chi connectivity index (χ1v) is 7.07. The third kappa shape index (κ3) is 23.7. The van der Waals surface area contributed by atoms with Gasteiger partial charge in [-0.15, -0.1) is 0 Å². The van der Waals surface area contributed by atoms with E-state index in [9.17, 15) is 29.4 Å². The predicted molar refractivity (Wildman–Crippen MR) is 98.2 cm³/mol. The lowest BCUT2D eigenvalue weighted by molar-refractivity contribution is -0.306. The maximum absolute atomic E-state index is 10.5. The monoisotopic (exact) mass is 410 g/mol. The Bertz CT molecular complexity index is 501. The molecule has 0 amide bonds. The number of carbonyl (C=O) groups is 4. The Morgan fingerprint density at radius 2 is 1.00 bits per heavy atom. The van der Waals surface area contributed by atoms with Gasteiger partial charge in [0, 0.05) is 36.9 Å². The number of ether oxygens (including phenoxy) is 2. The lowest BCUT2D eigenvalue weighted by atomic mass is 10.3. The number of hydrogen-bond donors (Lipinski definition) is 2. The van der Waals surface area contributed by atoms with Crippen LogP contribution < -0.4 is 22.5 Å². The van der Waals surface area contributed by atoms with Gasteiger partial charge in [-0.05, 0) is 37.3 Å². The number of rotatable bonds is 8. The first-order valence-electron chi connectivity index (χ1n) is 6.26. The second-order valence-electron chi connectivity index (χ2n) is 3.74. The van der Waals surface area contributed by atoms with Crippen LogP contribution >= 0.6 is 24.4 Å². The van der Waals surface area contributed by atoms with Gasteiger partial charge in [-0.2, -0.15) is 0 Å². The summed E-state index contributed by atoms with van der Waals surface area (Å²) in [4.78, 5) is 40.8. The lowest BCUT2D eigenvalue weighted by Crippen LogP contribution is -2.23. The summed E-state index contributed by atoms with van der Waals surface area (Å²) >= 11 is 9.07. The number of thiocarbonyl (C=S) groups is 2. The highest BCUT2D eigenvalue weighted by molar-refractivity contribution is 7.80. The number of aliphatic carboxylic acids is 2. The number of carboxylic acid groups (broad SMARTS) is 2. The molecule has 0 radical (unpaired) electrons. The van der Waals surface area contributed by atoms with Crippen molar-refractivity contribution in [2.24, 2.45) is 0 Å². The van der Waals surface area contributed by atoms with E-state index in [1.165, 1.54) is 0 Å². The zero-order valence-corrected chi connectivity index (χ0v) is 16.1. The van der Waals surface area contributed by atoms with Crippen LogP contribution in [0.15, 0.2) is 25.3 Å². The zero-order valence-electron chi connectivity index (χ0n) is 14.5. The quantitative estimate of drug-likeness (QED) is 0.308. The van der Waals surface area contributed by atoms with E-state index >= 15 is 0 Å². The van der Waals surface area contributed by atoms with Crippen LogP contribution in [0.4, 0.5) is 0 Å². The summed E-state index contributed by atoms with van der Waals surface area (Å²) in [6.45, 7) is 6.29. The summed E-state index contributed by atoms with van der Waals surface area (Å²) in [6, 6.07) is 0. The molecule has 0 spiro atoms. The molecule has 0 saturated carbocycles. The molecule has 0 aliphatic heterocycles. The molecule has 0 aliphatic carbocycles. The van der Waals surface area contributed by atoms with E-state index in [0.717, 1.165) is 12.2 Å². The van der Waals surface area contributed by atoms with Crippen molar-refractivity contribution in [3.63, 3.8) is 0 Å². The van der Waals surface area contributed by atoms with Crippen molar-refractivity contribution in [2.75, 3.05) is 0 Å². The maximum Gasteiger partial charge on any atom is 0.336 e. The highest BCUT2D eigenvalue weighted by atomic mass is 32.1. The van der Waals surface area contributed by atoms with Crippen LogP contribution in [0.3, 0.4) is 0 Å². The van der Waals surface area contributed by atoms with Crippen LogP contribution in [0.5, 0.6) is 0 Å². The third-order valence-electron chi connectivity index (χ3n) is 1.83. The molecule has 0 heterocycles. The number of hydrogen-bond acceptors (Lipinski definition) is 10. The van der Waals surface area contributed by atoms with Crippen molar-refractivity contribution in [1.29, 1.82) is 0 Å². The van der Waals surface area contributed by atoms with Gasteiger partial charge in [0.15, 0.2) is 10.1 Å². The molecule has 8 N–H and O–H groups in total. The number of carboxylic acids is 2. The summed E-state index contributed by atoms with van der Waals surface area (Å²) < 4.78 is 8.87. The summed E-state index contributed by atoms with van der Waals surface area (Å²) in [7, 11) is 0. The molecule has 148 valence electrons. The smallest absolute Gasteiger partial charge is 0.336 e. The van der Waals surface area contributed by atoms with Gasteiger partial charge in [-0.25, -0.2) is 9.59 Å². The molecule has 0 rings (SSSR count). The molecule has 0 bridgehead atoms. The van der Waals surface area contributed by atoms with Gasteiger partial charge < -0.3 is 41.6 Å². The van der Waals surface area contributed by atoms with E-state index in [1.54, 1.807) is 0 Å². The fourth-order valence-corrected chi connectivity index (χ4v) is 1.19. The molecule has 0 aromatic rings. The summed E-state index contributed by atoms with van der Waals surface area (Å²) in [5.74, 6) is -3.82. The predicted octanol–water partition coefficient (Wildman–Crippen LogP) is -0.101. The largest absolute Gasteiger partial charge is 0.550 e. The lowest BCUT2D eigenvalue weighted by Gasteiger charge is -2.03. The van der Waals surface area contributed by atoms with E-state index in [2.05, 4.69) is 47.1 Å². The van der Waals surface area contributed by atoms with Crippen LogP contribution in [-0.4, -0.2) is 34.0 Å². The topological polar surface area (TPSA) is 206 Å². The number of carbonyl (C=O) groups excluding carboxylic acids is 4. The van der Waals surface area contributed by atoms with Crippen LogP contribution in [0.1, 0.15) is 25.7 Å². The number of quaternary nitrogens is 2. The van der Waals surface area contributed by atoms with Crippen molar-refractivity contribution in [3.8, 4) is 0 Å². The molecule has 12 heteroatoms. The first-order chi connectivity index (χ1) is 11.1. The van der Waals surface area contributed by atoms with E-state index in [0.29, 0.717) is 0 Å². The van der Waals surface area contributed by atoms with Gasteiger partial charge in [-0.3, -0.25) is 0 Å². The van der Waals surface area contributed by atoms with Gasteiger partial charge in [0.05, 0.1) is 0 Å². The van der Waals surface area contributed by atoms with Crippen molar-refractivity contribution in [1.82, 2.24) is 12.3 Å². The maximum atomic E-state index is 10.5. The average Bonchev–Trinajstić information content (AvgIpc) is 2.51. The van der Waals surface area contributed by atoms with Crippen molar-refractivity contribution in [2.45, 2.75) is 25.7 Å². The normalized spacial score (nSPS) is 8.00. The molecule has 10 nitrogen and oxygen atoms in total. The first kappa shape index (κ1) is 31.3. The summed E-state index contributed by atoms with van der Waals surface area (Å²) in [5, 5.41) is 19.7.